The molecule has 0 radical (unpaired) electrons. The minimum absolute atomic E-state index is 0.000677. The smallest absolute Gasteiger partial charge is 0.315 e. The maximum Gasteiger partial charge on any atom is 0.416 e. The quantitative estimate of drug-likeness (QED) is 0.674. The largest absolute Gasteiger partial charge is 0.416 e. The van der Waals surface area contributed by atoms with E-state index in [0.29, 0.717) is 0 Å². The van der Waals surface area contributed by atoms with E-state index < -0.39 is 33.5 Å². The van der Waals surface area contributed by atoms with Gasteiger partial charge in [-0.2, -0.15) is 23.7 Å². The Morgan fingerprint density at radius 2 is 1.79 bits per heavy atom. The number of nitrogens with one attached hydrogen (secondary N) is 1. The summed E-state index contributed by atoms with van der Waals surface area (Å²) < 4.78 is 60.3. The SMILES string of the molecule is CC1=C(C#N)[C@@H](c2ccc(C#N)cc2[S@@](C)(=N)=O)N(C)C(=O)N1c1cccc(C(F)(F)F)c1. The van der Waals surface area contributed by atoms with Crippen molar-refractivity contribution in [2.24, 2.45) is 0 Å². The molecular formula is C22H18F3N5O2S. The molecule has 1 aliphatic rings. The van der Waals surface area contributed by atoms with Crippen LogP contribution in [0.3, 0.4) is 0 Å². The lowest BCUT2D eigenvalue weighted by Gasteiger charge is -2.40. The van der Waals surface area contributed by atoms with Crippen LogP contribution in [0.2, 0.25) is 0 Å². The number of carbonyl (C=O) groups is 1. The fraction of sp³-hybridized carbons (Fsp3) is 0.227. The van der Waals surface area contributed by atoms with Gasteiger partial charge in [-0.05, 0) is 42.8 Å². The number of hydrogen-bond donors (Lipinski definition) is 1. The number of amides is 2. The van der Waals surface area contributed by atoms with Gasteiger partial charge in [-0.1, -0.05) is 12.1 Å². The second-order valence-electron chi connectivity index (χ2n) is 7.50. The van der Waals surface area contributed by atoms with E-state index in [0.717, 1.165) is 28.2 Å². The summed E-state index contributed by atoms with van der Waals surface area (Å²) in [6.45, 7) is 1.43. The molecule has 1 heterocycles. The van der Waals surface area contributed by atoms with E-state index in [4.69, 9.17) is 4.78 Å². The van der Waals surface area contributed by atoms with Crippen LogP contribution in [0, 0.1) is 27.4 Å². The number of hydrogen-bond acceptors (Lipinski definition) is 5. The summed E-state index contributed by atoms with van der Waals surface area (Å²) in [5.41, 5.74) is -0.488. The molecule has 0 aromatic heterocycles. The van der Waals surface area contributed by atoms with Gasteiger partial charge in [-0.15, -0.1) is 0 Å². The first kappa shape index (κ1) is 23.8. The molecule has 0 bridgehead atoms. The molecular weight excluding hydrogens is 455 g/mol. The molecule has 0 spiro atoms. The molecule has 1 N–H and O–H groups in total. The molecule has 33 heavy (non-hydrogen) atoms. The number of benzene rings is 2. The fourth-order valence-electron chi connectivity index (χ4n) is 3.72. The zero-order chi connectivity index (χ0) is 24.7. The van der Waals surface area contributed by atoms with Crippen LogP contribution >= 0.6 is 0 Å². The first-order valence-electron chi connectivity index (χ1n) is 9.44. The number of nitrogens with zero attached hydrogens (tertiary/aromatic N) is 4. The third kappa shape index (κ3) is 4.28. The number of likely N-dealkylation sites (N-methyl/N-ethyl adjacent to an activating group) is 1. The van der Waals surface area contributed by atoms with E-state index >= 15 is 0 Å². The van der Waals surface area contributed by atoms with Crippen LogP contribution in [0.25, 0.3) is 0 Å². The van der Waals surface area contributed by atoms with Gasteiger partial charge in [0.05, 0.1) is 55.2 Å². The van der Waals surface area contributed by atoms with Crippen LogP contribution in [-0.2, 0) is 15.9 Å². The molecule has 170 valence electrons. The monoisotopic (exact) mass is 473 g/mol. The Morgan fingerprint density at radius 1 is 1.12 bits per heavy atom. The molecule has 11 heteroatoms. The average Bonchev–Trinajstić information content (AvgIpc) is 2.75. The molecule has 0 aliphatic carbocycles. The zero-order valence-electron chi connectivity index (χ0n) is 17.8. The van der Waals surface area contributed by atoms with Crippen LogP contribution in [0.1, 0.15) is 29.7 Å². The predicted molar refractivity (Wildman–Crippen MR) is 114 cm³/mol. The molecule has 3 rings (SSSR count). The number of anilines is 1. The van der Waals surface area contributed by atoms with Crippen LogP contribution in [-0.4, -0.2) is 28.4 Å². The predicted octanol–water partition coefficient (Wildman–Crippen LogP) is 5.02. The molecule has 0 unspecified atom stereocenters. The second kappa shape index (κ2) is 8.26. The van der Waals surface area contributed by atoms with Crippen LogP contribution in [0.15, 0.2) is 58.6 Å². The van der Waals surface area contributed by atoms with Crippen molar-refractivity contribution in [2.75, 3.05) is 18.2 Å². The van der Waals surface area contributed by atoms with Gasteiger partial charge < -0.3 is 4.90 Å². The Kier molecular flexibility index (Phi) is 5.96. The highest BCUT2D eigenvalue weighted by Crippen LogP contribution is 2.41. The Hall–Kier alpha value is -3.83. The van der Waals surface area contributed by atoms with Crippen molar-refractivity contribution in [3.05, 3.63) is 70.4 Å². The summed E-state index contributed by atoms with van der Waals surface area (Å²) in [5, 5.41) is 19.1. The normalized spacial score (nSPS) is 18.5. The molecule has 0 saturated carbocycles. The Labute approximate surface area is 188 Å². The van der Waals surface area contributed by atoms with Gasteiger partial charge >= 0.3 is 12.2 Å². The highest BCUT2D eigenvalue weighted by Gasteiger charge is 2.40. The molecule has 2 aromatic rings. The summed E-state index contributed by atoms with van der Waals surface area (Å²) in [4.78, 5) is 15.4. The van der Waals surface area contributed by atoms with Crippen molar-refractivity contribution in [1.82, 2.24) is 4.90 Å². The standard InChI is InChI=1S/C22H18F3N5O2S/c1-13-18(12-27)20(17-8-7-14(11-26)9-19(17)33(3,28)32)29(2)21(31)30(13)16-6-4-5-15(10-16)22(23,24)25/h4-10,20,28H,1-3H3/t20-,33+/m1/s1. The van der Waals surface area contributed by atoms with Crippen LogP contribution in [0.4, 0.5) is 23.7 Å². The number of halogens is 3. The second-order valence-corrected chi connectivity index (χ2v) is 9.63. The van der Waals surface area contributed by atoms with Crippen molar-refractivity contribution >= 4 is 21.4 Å². The number of carbonyl (C=O) groups excluding carboxylic acids is 1. The Bertz CT molecular complexity index is 1370. The molecule has 7 nitrogen and oxygen atoms in total. The van der Waals surface area contributed by atoms with Gasteiger partial charge in [0.1, 0.15) is 0 Å². The van der Waals surface area contributed by atoms with E-state index in [-0.39, 0.29) is 33.0 Å². The topological polar surface area (TPSA) is 112 Å². The molecule has 1 aliphatic heterocycles. The molecule has 2 atom stereocenters. The first-order chi connectivity index (χ1) is 15.3. The van der Waals surface area contributed by atoms with Gasteiger partial charge in [-0.25, -0.2) is 13.8 Å². The molecule has 2 aromatic carbocycles. The highest BCUT2D eigenvalue weighted by molar-refractivity contribution is 7.91. The van der Waals surface area contributed by atoms with E-state index in [9.17, 15) is 32.7 Å². The van der Waals surface area contributed by atoms with Gasteiger partial charge in [0, 0.05) is 19.0 Å². The van der Waals surface area contributed by atoms with E-state index in [2.05, 4.69) is 0 Å². The zero-order valence-corrected chi connectivity index (χ0v) is 18.6. The van der Waals surface area contributed by atoms with Crippen molar-refractivity contribution < 1.29 is 22.2 Å². The van der Waals surface area contributed by atoms with Crippen molar-refractivity contribution in [3.8, 4) is 12.1 Å². The lowest BCUT2D eigenvalue weighted by molar-refractivity contribution is -0.137. The summed E-state index contributed by atoms with van der Waals surface area (Å²) >= 11 is 0. The summed E-state index contributed by atoms with van der Waals surface area (Å²) in [6.07, 6.45) is -3.46. The lowest BCUT2D eigenvalue weighted by Crippen LogP contribution is -2.47. The minimum Gasteiger partial charge on any atom is -0.315 e. The third-order valence-electron chi connectivity index (χ3n) is 5.29. The van der Waals surface area contributed by atoms with Gasteiger partial charge in [-0.3, -0.25) is 4.90 Å². The average molecular weight is 473 g/mol. The summed E-state index contributed by atoms with van der Waals surface area (Å²) in [7, 11) is -1.99. The maximum absolute atomic E-state index is 13.3. The van der Waals surface area contributed by atoms with Crippen molar-refractivity contribution in [3.63, 3.8) is 0 Å². The van der Waals surface area contributed by atoms with Crippen molar-refractivity contribution in [1.29, 1.82) is 15.3 Å². The third-order valence-corrected chi connectivity index (χ3v) is 6.48. The van der Waals surface area contributed by atoms with Gasteiger partial charge in [0.2, 0.25) is 0 Å². The molecule has 2 amide bonds. The number of urea groups is 1. The van der Waals surface area contributed by atoms with Crippen LogP contribution in [0.5, 0.6) is 0 Å². The van der Waals surface area contributed by atoms with Crippen LogP contribution < -0.4 is 4.90 Å². The Balaban J connectivity index is 2.25. The molecule has 0 saturated heterocycles. The maximum atomic E-state index is 13.3. The minimum atomic E-state index is -4.62. The number of allylic oxidation sites excluding steroid dienone is 1. The highest BCUT2D eigenvalue weighted by atomic mass is 32.2. The number of alkyl halides is 3. The van der Waals surface area contributed by atoms with Crippen molar-refractivity contribution in [2.45, 2.75) is 24.0 Å². The summed E-state index contributed by atoms with van der Waals surface area (Å²) in [6, 6.07) is 10.5. The number of rotatable bonds is 3. The van der Waals surface area contributed by atoms with E-state index in [1.807, 2.05) is 12.1 Å². The van der Waals surface area contributed by atoms with Gasteiger partial charge in [0.25, 0.3) is 0 Å². The molecule has 0 fully saturated rings. The fourth-order valence-corrected chi connectivity index (χ4v) is 4.70. The first-order valence-corrected chi connectivity index (χ1v) is 11.4. The Morgan fingerprint density at radius 3 is 2.33 bits per heavy atom. The van der Waals surface area contributed by atoms with E-state index in [1.54, 1.807) is 0 Å². The summed E-state index contributed by atoms with van der Waals surface area (Å²) in [5.74, 6) is 0. The lowest BCUT2D eigenvalue weighted by atomic mass is 9.93. The van der Waals surface area contributed by atoms with E-state index in [1.165, 1.54) is 44.3 Å². The van der Waals surface area contributed by atoms with Gasteiger partial charge in [0.15, 0.2) is 0 Å². The number of nitriles is 2.